The molecule has 0 saturated carbocycles. The lowest BCUT2D eigenvalue weighted by atomic mass is 10.1. The number of fused-ring (bicyclic) bond motifs is 1. The van der Waals surface area contributed by atoms with E-state index >= 15 is 0 Å². The molecule has 28 heavy (non-hydrogen) atoms. The fourth-order valence-corrected chi connectivity index (χ4v) is 4.68. The van der Waals surface area contributed by atoms with Gasteiger partial charge in [-0.05, 0) is 30.8 Å². The predicted molar refractivity (Wildman–Crippen MR) is 110 cm³/mol. The normalized spacial score (nSPS) is 16.3. The van der Waals surface area contributed by atoms with E-state index in [1.165, 1.54) is 10.5 Å². The summed E-state index contributed by atoms with van der Waals surface area (Å²) < 4.78 is 27.1. The van der Waals surface area contributed by atoms with Gasteiger partial charge < -0.3 is 10.2 Å². The molecule has 0 atom stereocenters. The Hall–Kier alpha value is -2.55. The molecular weight excluding hydrogens is 374 g/mol. The van der Waals surface area contributed by atoms with Gasteiger partial charge in [-0.1, -0.05) is 24.3 Å². The third-order valence-electron chi connectivity index (χ3n) is 5.01. The Morgan fingerprint density at radius 1 is 1.00 bits per heavy atom. The number of piperazine rings is 1. The molecule has 0 bridgehead atoms. The molecule has 0 radical (unpaired) electrons. The second-order valence-corrected chi connectivity index (χ2v) is 8.87. The zero-order valence-corrected chi connectivity index (χ0v) is 16.6. The van der Waals surface area contributed by atoms with Gasteiger partial charge in [0, 0.05) is 50.5 Å². The maximum Gasteiger partial charge on any atom is 0.244 e. The van der Waals surface area contributed by atoms with Crippen molar-refractivity contribution < 1.29 is 8.42 Å². The van der Waals surface area contributed by atoms with Crippen LogP contribution in [-0.4, -0.2) is 60.8 Å². The van der Waals surface area contributed by atoms with Gasteiger partial charge in [-0.3, -0.25) is 4.98 Å². The van der Waals surface area contributed by atoms with Crippen LogP contribution in [-0.2, 0) is 16.6 Å². The van der Waals surface area contributed by atoms with Crippen molar-refractivity contribution in [1.82, 2.24) is 19.2 Å². The summed E-state index contributed by atoms with van der Waals surface area (Å²) in [5.41, 5.74) is 2.01. The highest BCUT2D eigenvalue weighted by molar-refractivity contribution is 7.89. The first-order valence-corrected chi connectivity index (χ1v) is 10.7. The minimum Gasteiger partial charge on any atom is -0.366 e. The standard InChI is InChI=1S/C20H23N5O2S/c1-24-10-12-25(13-11-24)28(26,27)18-7-8-19(23-15-18)22-14-17-5-2-4-16-6-3-9-21-20(16)17/h2-9,15H,10-14H2,1H3,(H,22,23). The van der Waals surface area contributed by atoms with Crippen molar-refractivity contribution in [2.24, 2.45) is 0 Å². The number of nitrogens with one attached hydrogen (secondary N) is 1. The van der Waals surface area contributed by atoms with E-state index in [0.717, 1.165) is 29.6 Å². The fraction of sp³-hybridized carbons (Fsp3) is 0.300. The summed E-state index contributed by atoms with van der Waals surface area (Å²) in [5.74, 6) is 0.630. The highest BCUT2D eigenvalue weighted by atomic mass is 32.2. The number of pyridine rings is 2. The van der Waals surface area contributed by atoms with Gasteiger partial charge in [0.25, 0.3) is 0 Å². The van der Waals surface area contributed by atoms with E-state index in [9.17, 15) is 8.42 Å². The highest BCUT2D eigenvalue weighted by Crippen LogP contribution is 2.20. The molecule has 3 aromatic rings. The lowest BCUT2D eigenvalue weighted by molar-refractivity contribution is 0.222. The molecule has 7 nitrogen and oxygen atoms in total. The van der Waals surface area contributed by atoms with Crippen LogP contribution in [0.3, 0.4) is 0 Å². The van der Waals surface area contributed by atoms with Crippen LogP contribution >= 0.6 is 0 Å². The van der Waals surface area contributed by atoms with Gasteiger partial charge in [0.05, 0.1) is 5.52 Å². The van der Waals surface area contributed by atoms with Gasteiger partial charge in [0.2, 0.25) is 10.0 Å². The van der Waals surface area contributed by atoms with Crippen LogP contribution in [0, 0.1) is 0 Å². The lowest BCUT2D eigenvalue weighted by Gasteiger charge is -2.31. The summed E-state index contributed by atoms with van der Waals surface area (Å²) in [5, 5.41) is 4.34. The van der Waals surface area contributed by atoms with Crippen LogP contribution in [0.15, 0.2) is 59.8 Å². The van der Waals surface area contributed by atoms with Crippen molar-refractivity contribution in [3.63, 3.8) is 0 Å². The number of anilines is 1. The van der Waals surface area contributed by atoms with Crippen LogP contribution in [0.1, 0.15) is 5.56 Å². The number of benzene rings is 1. The van der Waals surface area contributed by atoms with Crippen LogP contribution in [0.25, 0.3) is 10.9 Å². The Kier molecular flexibility index (Phi) is 5.25. The molecule has 0 amide bonds. The summed E-state index contributed by atoms with van der Waals surface area (Å²) in [4.78, 5) is 11.1. The van der Waals surface area contributed by atoms with Gasteiger partial charge >= 0.3 is 0 Å². The number of rotatable bonds is 5. The first-order valence-electron chi connectivity index (χ1n) is 9.25. The van der Waals surface area contributed by atoms with Crippen LogP contribution in [0.5, 0.6) is 0 Å². The third-order valence-corrected chi connectivity index (χ3v) is 6.89. The second kappa shape index (κ2) is 7.83. The molecule has 0 unspecified atom stereocenters. The molecule has 146 valence electrons. The Morgan fingerprint density at radius 3 is 2.54 bits per heavy atom. The third kappa shape index (κ3) is 3.84. The molecule has 0 spiro atoms. The van der Waals surface area contributed by atoms with E-state index in [1.807, 2.05) is 37.4 Å². The van der Waals surface area contributed by atoms with Gasteiger partial charge in [0.1, 0.15) is 10.7 Å². The number of aromatic nitrogens is 2. The maximum atomic E-state index is 12.8. The molecule has 0 aliphatic carbocycles. The van der Waals surface area contributed by atoms with Crippen molar-refractivity contribution in [3.05, 3.63) is 60.4 Å². The van der Waals surface area contributed by atoms with E-state index in [-0.39, 0.29) is 4.90 Å². The molecule has 1 aromatic carbocycles. The van der Waals surface area contributed by atoms with Gasteiger partial charge in [-0.15, -0.1) is 0 Å². The maximum absolute atomic E-state index is 12.8. The van der Waals surface area contributed by atoms with Crippen molar-refractivity contribution in [3.8, 4) is 0 Å². The summed E-state index contributed by atoms with van der Waals surface area (Å²) in [7, 11) is -1.49. The summed E-state index contributed by atoms with van der Waals surface area (Å²) >= 11 is 0. The van der Waals surface area contributed by atoms with E-state index in [2.05, 4.69) is 20.2 Å². The quantitative estimate of drug-likeness (QED) is 0.711. The van der Waals surface area contributed by atoms with Crippen molar-refractivity contribution in [2.75, 3.05) is 38.5 Å². The lowest BCUT2D eigenvalue weighted by Crippen LogP contribution is -2.47. The first kappa shape index (κ1) is 18.8. The Labute approximate surface area is 165 Å². The van der Waals surface area contributed by atoms with Crippen LogP contribution in [0.4, 0.5) is 5.82 Å². The van der Waals surface area contributed by atoms with Crippen molar-refractivity contribution in [2.45, 2.75) is 11.4 Å². The first-order chi connectivity index (χ1) is 13.5. The summed E-state index contributed by atoms with van der Waals surface area (Å²) in [6.07, 6.45) is 3.21. The smallest absolute Gasteiger partial charge is 0.244 e. The highest BCUT2D eigenvalue weighted by Gasteiger charge is 2.27. The number of nitrogens with zero attached hydrogens (tertiary/aromatic N) is 4. The predicted octanol–water partition coefficient (Wildman–Crippen LogP) is 2.18. The van der Waals surface area contributed by atoms with Crippen LogP contribution in [0.2, 0.25) is 0 Å². The second-order valence-electron chi connectivity index (χ2n) is 6.93. The van der Waals surface area contributed by atoms with E-state index in [4.69, 9.17) is 0 Å². The van der Waals surface area contributed by atoms with E-state index < -0.39 is 10.0 Å². The SMILES string of the molecule is CN1CCN(S(=O)(=O)c2ccc(NCc3cccc4cccnc34)nc2)CC1. The van der Waals surface area contributed by atoms with Gasteiger partial charge in [-0.25, -0.2) is 13.4 Å². The zero-order valence-electron chi connectivity index (χ0n) is 15.7. The van der Waals surface area contributed by atoms with Gasteiger partial charge in [0.15, 0.2) is 0 Å². The Balaban J connectivity index is 1.46. The number of sulfonamides is 1. The zero-order chi connectivity index (χ0) is 19.6. The molecule has 3 heterocycles. The number of hydrogen-bond acceptors (Lipinski definition) is 6. The van der Waals surface area contributed by atoms with E-state index in [1.54, 1.807) is 18.3 Å². The largest absolute Gasteiger partial charge is 0.366 e. The summed E-state index contributed by atoms with van der Waals surface area (Å²) in [6, 6.07) is 13.3. The molecular formula is C20H23N5O2S. The molecule has 4 rings (SSSR count). The number of para-hydroxylation sites is 1. The minimum absolute atomic E-state index is 0.231. The molecule has 1 aliphatic rings. The fourth-order valence-electron chi connectivity index (χ4n) is 3.31. The Morgan fingerprint density at radius 2 is 1.79 bits per heavy atom. The molecule has 1 fully saturated rings. The van der Waals surface area contributed by atoms with Crippen molar-refractivity contribution >= 4 is 26.7 Å². The Bertz CT molecular complexity index is 1060. The minimum atomic E-state index is -3.49. The number of likely N-dealkylation sites (N-methyl/N-ethyl adjacent to an activating group) is 1. The topological polar surface area (TPSA) is 78.4 Å². The monoisotopic (exact) mass is 397 g/mol. The van der Waals surface area contributed by atoms with Gasteiger partial charge in [-0.2, -0.15) is 4.31 Å². The van der Waals surface area contributed by atoms with Crippen molar-refractivity contribution in [1.29, 1.82) is 0 Å². The summed E-state index contributed by atoms with van der Waals surface area (Å²) in [6.45, 7) is 3.06. The molecule has 8 heteroatoms. The average Bonchev–Trinajstić information content (AvgIpc) is 2.73. The molecule has 1 N–H and O–H groups in total. The number of hydrogen-bond donors (Lipinski definition) is 1. The average molecular weight is 398 g/mol. The molecule has 1 saturated heterocycles. The molecule has 2 aromatic heterocycles. The molecule has 1 aliphatic heterocycles. The van der Waals surface area contributed by atoms with Crippen LogP contribution < -0.4 is 5.32 Å². The van der Waals surface area contributed by atoms with E-state index in [0.29, 0.717) is 25.5 Å².